The molecule has 0 N–H and O–H groups in total. The number of aryl methyl sites for hydroxylation is 2. The van der Waals surface area contributed by atoms with E-state index in [1.807, 2.05) is 6.08 Å². The maximum Gasteiger partial charge on any atom is 0.119 e. The summed E-state index contributed by atoms with van der Waals surface area (Å²) in [5.74, 6) is 0.983. The summed E-state index contributed by atoms with van der Waals surface area (Å²) in [6.07, 6.45) is 5.12. The van der Waals surface area contributed by atoms with Gasteiger partial charge < -0.3 is 4.74 Å². The summed E-state index contributed by atoms with van der Waals surface area (Å²) >= 11 is 0. The van der Waals surface area contributed by atoms with Gasteiger partial charge in [0.2, 0.25) is 0 Å². The lowest BCUT2D eigenvalue weighted by Gasteiger charge is -2.08. The van der Waals surface area contributed by atoms with Crippen LogP contribution >= 0.6 is 0 Å². The highest BCUT2D eigenvalue weighted by Gasteiger charge is 1.99. The molecule has 0 bridgehead atoms. The van der Waals surface area contributed by atoms with Crippen molar-refractivity contribution in [2.24, 2.45) is 0 Å². The van der Waals surface area contributed by atoms with Gasteiger partial charge >= 0.3 is 0 Å². The van der Waals surface area contributed by atoms with Gasteiger partial charge in [0, 0.05) is 0 Å². The van der Waals surface area contributed by atoms with Crippen LogP contribution < -0.4 is 4.74 Å². The molecule has 0 saturated carbocycles. The Balaban J connectivity index is 2.65. The lowest BCUT2D eigenvalue weighted by atomic mass is 10.0. The Labute approximate surface area is 92.8 Å². The van der Waals surface area contributed by atoms with E-state index < -0.39 is 0 Å². The highest BCUT2D eigenvalue weighted by Crippen LogP contribution is 2.18. The lowest BCUT2D eigenvalue weighted by molar-refractivity contribution is 0.317. The Kier molecular flexibility index (Phi) is 4.96. The Morgan fingerprint density at radius 1 is 1.40 bits per heavy atom. The smallest absolute Gasteiger partial charge is 0.119 e. The van der Waals surface area contributed by atoms with Gasteiger partial charge in [-0.1, -0.05) is 19.1 Å². The normalized spacial score (nSPS) is 10.0. The Morgan fingerprint density at radius 3 is 2.80 bits per heavy atom. The molecule has 82 valence electrons. The second kappa shape index (κ2) is 6.28. The second-order valence-corrected chi connectivity index (χ2v) is 3.76. The summed E-state index contributed by atoms with van der Waals surface area (Å²) in [6.45, 7) is 8.79. The molecule has 0 fully saturated rings. The van der Waals surface area contributed by atoms with Crippen molar-refractivity contribution >= 4 is 0 Å². The van der Waals surface area contributed by atoms with Crippen LogP contribution in [0, 0.1) is 6.92 Å². The van der Waals surface area contributed by atoms with E-state index in [2.05, 4.69) is 38.6 Å². The van der Waals surface area contributed by atoms with Gasteiger partial charge in [-0.2, -0.15) is 0 Å². The van der Waals surface area contributed by atoms with Crippen molar-refractivity contribution < 1.29 is 4.74 Å². The monoisotopic (exact) mass is 204 g/mol. The van der Waals surface area contributed by atoms with Crippen molar-refractivity contribution in [3.63, 3.8) is 0 Å². The molecule has 0 aromatic heterocycles. The van der Waals surface area contributed by atoms with Gasteiger partial charge in [0.25, 0.3) is 0 Å². The molecule has 1 aromatic rings. The summed E-state index contributed by atoms with van der Waals surface area (Å²) in [5.41, 5.74) is 2.70. The zero-order chi connectivity index (χ0) is 11.1. The molecule has 0 aliphatic heterocycles. The molecule has 1 rings (SSSR count). The molecule has 0 spiro atoms. The molecule has 0 amide bonds. The maximum absolute atomic E-state index is 5.58. The zero-order valence-electron chi connectivity index (χ0n) is 9.75. The van der Waals surface area contributed by atoms with Gasteiger partial charge in [0.15, 0.2) is 0 Å². The minimum atomic E-state index is 0.797. The first kappa shape index (κ1) is 11.8. The topological polar surface area (TPSA) is 9.23 Å². The quantitative estimate of drug-likeness (QED) is 0.638. The van der Waals surface area contributed by atoms with Crippen LogP contribution in [0.25, 0.3) is 0 Å². The molecule has 1 nitrogen and oxygen atoms in total. The third-order valence-corrected chi connectivity index (χ3v) is 2.40. The first-order valence-corrected chi connectivity index (χ1v) is 5.61. The highest BCUT2D eigenvalue weighted by molar-refractivity contribution is 5.35. The molecule has 0 aliphatic carbocycles. The summed E-state index contributed by atoms with van der Waals surface area (Å²) in [6, 6.07) is 6.33. The van der Waals surface area contributed by atoms with Crippen LogP contribution in [0.3, 0.4) is 0 Å². The van der Waals surface area contributed by atoms with Gasteiger partial charge in [-0.25, -0.2) is 0 Å². The largest absolute Gasteiger partial charge is 0.494 e. The van der Waals surface area contributed by atoms with Gasteiger partial charge in [0.05, 0.1) is 6.61 Å². The van der Waals surface area contributed by atoms with Crippen LogP contribution in [0.4, 0.5) is 0 Å². The first-order valence-electron chi connectivity index (χ1n) is 5.61. The van der Waals surface area contributed by atoms with Gasteiger partial charge in [-0.3, -0.25) is 0 Å². The molecule has 15 heavy (non-hydrogen) atoms. The summed E-state index contributed by atoms with van der Waals surface area (Å²) in [5, 5.41) is 0. The van der Waals surface area contributed by atoms with Crippen molar-refractivity contribution in [1.82, 2.24) is 0 Å². The van der Waals surface area contributed by atoms with Crippen molar-refractivity contribution in [2.75, 3.05) is 6.61 Å². The fraction of sp³-hybridized carbons (Fsp3) is 0.429. The molecule has 1 aromatic carbocycles. The predicted octanol–water partition coefficient (Wildman–Crippen LogP) is 3.90. The van der Waals surface area contributed by atoms with E-state index in [0.29, 0.717) is 0 Å². The zero-order valence-corrected chi connectivity index (χ0v) is 9.75. The molecule has 0 radical (unpaired) electrons. The average Bonchev–Trinajstić information content (AvgIpc) is 2.25. The summed E-state index contributed by atoms with van der Waals surface area (Å²) in [4.78, 5) is 0. The fourth-order valence-corrected chi connectivity index (χ4v) is 1.52. The second-order valence-electron chi connectivity index (χ2n) is 3.76. The third kappa shape index (κ3) is 3.78. The molecule has 1 heteroatoms. The summed E-state index contributed by atoms with van der Waals surface area (Å²) in [7, 11) is 0. The number of rotatable bonds is 6. The van der Waals surface area contributed by atoms with Gasteiger partial charge in [0.1, 0.15) is 5.75 Å². The number of allylic oxidation sites excluding steroid dienone is 1. The van der Waals surface area contributed by atoms with Crippen LogP contribution in [0.2, 0.25) is 0 Å². The first-order chi connectivity index (χ1) is 7.27. The minimum absolute atomic E-state index is 0.797. The van der Waals surface area contributed by atoms with Crippen molar-refractivity contribution in [2.45, 2.75) is 33.1 Å². The van der Waals surface area contributed by atoms with E-state index in [9.17, 15) is 0 Å². The number of ether oxygens (including phenoxy) is 1. The highest BCUT2D eigenvalue weighted by atomic mass is 16.5. The van der Waals surface area contributed by atoms with E-state index in [0.717, 1.165) is 31.6 Å². The SMILES string of the molecule is C=CCCc1ccc(OCCC)cc1C. The van der Waals surface area contributed by atoms with Crippen molar-refractivity contribution in [3.05, 3.63) is 42.0 Å². The average molecular weight is 204 g/mol. The molecule has 0 heterocycles. The van der Waals surface area contributed by atoms with Crippen molar-refractivity contribution in [3.8, 4) is 5.75 Å². The van der Waals surface area contributed by atoms with Crippen LogP contribution in [-0.4, -0.2) is 6.61 Å². The molecule has 0 saturated heterocycles. The van der Waals surface area contributed by atoms with E-state index in [1.165, 1.54) is 11.1 Å². The number of benzene rings is 1. The molecular weight excluding hydrogens is 184 g/mol. The van der Waals surface area contributed by atoms with Gasteiger partial charge in [-0.05, 0) is 49.4 Å². The Bertz CT molecular complexity index is 315. The molecule has 0 unspecified atom stereocenters. The van der Waals surface area contributed by atoms with E-state index in [1.54, 1.807) is 0 Å². The van der Waals surface area contributed by atoms with Gasteiger partial charge in [-0.15, -0.1) is 6.58 Å². The van der Waals surface area contributed by atoms with E-state index in [-0.39, 0.29) is 0 Å². The summed E-state index contributed by atoms with van der Waals surface area (Å²) < 4.78 is 5.58. The number of hydrogen-bond acceptors (Lipinski definition) is 1. The van der Waals surface area contributed by atoms with Crippen molar-refractivity contribution in [1.29, 1.82) is 0 Å². The van der Waals surface area contributed by atoms with E-state index in [4.69, 9.17) is 4.74 Å². The predicted molar refractivity (Wildman–Crippen MR) is 65.5 cm³/mol. The van der Waals surface area contributed by atoms with Crippen LogP contribution in [0.5, 0.6) is 5.75 Å². The van der Waals surface area contributed by atoms with E-state index >= 15 is 0 Å². The number of hydrogen-bond donors (Lipinski definition) is 0. The molecule has 0 atom stereocenters. The Morgan fingerprint density at radius 2 is 2.20 bits per heavy atom. The van der Waals surface area contributed by atoms with Crippen LogP contribution in [0.15, 0.2) is 30.9 Å². The minimum Gasteiger partial charge on any atom is -0.494 e. The Hall–Kier alpha value is -1.24. The standard InChI is InChI=1S/C14H20O/c1-4-6-7-13-8-9-14(11-12(13)3)15-10-5-2/h4,8-9,11H,1,5-7,10H2,2-3H3. The van der Waals surface area contributed by atoms with Crippen LogP contribution in [0.1, 0.15) is 30.9 Å². The lowest BCUT2D eigenvalue weighted by Crippen LogP contribution is -1.96. The molecule has 0 aliphatic rings. The fourth-order valence-electron chi connectivity index (χ4n) is 1.52. The maximum atomic E-state index is 5.58. The third-order valence-electron chi connectivity index (χ3n) is 2.40. The van der Waals surface area contributed by atoms with Crippen LogP contribution in [-0.2, 0) is 6.42 Å². The molecular formula is C14H20O.